The predicted octanol–water partition coefficient (Wildman–Crippen LogP) is 14.2. The Morgan fingerprint density at radius 1 is 0.426 bits per heavy atom. The summed E-state index contributed by atoms with van der Waals surface area (Å²) in [6.07, 6.45) is 26.7. The zero-order valence-electron chi connectivity index (χ0n) is 34.5. The second-order valence-corrected chi connectivity index (χ2v) is 17.7. The van der Waals surface area contributed by atoms with Crippen LogP contribution in [0.25, 0.3) is 0 Å². The van der Waals surface area contributed by atoms with Crippen LogP contribution in [-0.4, -0.2) is 23.0 Å². The highest BCUT2D eigenvalue weighted by Crippen LogP contribution is 2.47. The lowest BCUT2D eigenvalue weighted by molar-refractivity contribution is 0.195. The molecule has 0 aliphatic rings. The highest BCUT2D eigenvalue weighted by atomic mass is 31.2. The third-order valence-corrected chi connectivity index (χ3v) is 12.0. The second kappa shape index (κ2) is 29.6. The van der Waals surface area contributed by atoms with Crippen molar-refractivity contribution < 1.29 is 37.0 Å². The summed E-state index contributed by atoms with van der Waals surface area (Å²) in [4.78, 5) is 21.2. The Balaban J connectivity index is 1.75. The lowest BCUT2D eigenvalue weighted by Gasteiger charge is -2.19. The summed E-state index contributed by atoms with van der Waals surface area (Å²) in [7, 11) is -8.51. The van der Waals surface area contributed by atoms with Crippen molar-refractivity contribution in [1.29, 1.82) is 0 Å². The van der Waals surface area contributed by atoms with Crippen LogP contribution < -0.4 is 9.05 Å². The van der Waals surface area contributed by atoms with E-state index in [2.05, 4.69) is 39.8 Å². The summed E-state index contributed by atoms with van der Waals surface area (Å²) in [5, 5.41) is 0. The lowest BCUT2D eigenvalue weighted by Crippen LogP contribution is -2.04. The molecule has 8 nitrogen and oxygen atoms in total. The highest BCUT2D eigenvalue weighted by molar-refractivity contribution is 7.48. The first-order valence-electron chi connectivity index (χ1n) is 21.7. The molecule has 2 atom stereocenters. The summed E-state index contributed by atoms with van der Waals surface area (Å²) in [6.45, 7) is 9.09. The SMILES string of the molecule is CCCCCCc1cccc(OP(=O)(O)OCCCCCCCCOP(=O)(O)Oc2cccc(CCCCCC)c2CCCCCC)c1CCCCCC. The van der Waals surface area contributed by atoms with E-state index in [1.54, 1.807) is 12.1 Å². The zero-order valence-corrected chi connectivity index (χ0v) is 36.3. The summed E-state index contributed by atoms with van der Waals surface area (Å²) in [5.74, 6) is 0.944. The molecule has 2 aromatic carbocycles. The molecule has 0 spiro atoms. The van der Waals surface area contributed by atoms with Gasteiger partial charge in [-0.2, -0.15) is 0 Å². The van der Waals surface area contributed by atoms with Crippen molar-refractivity contribution in [3.05, 3.63) is 58.7 Å². The van der Waals surface area contributed by atoms with Gasteiger partial charge in [0, 0.05) is 0 Å². The van der Waals surface area contributed by atoms with Gasteiger partial charge in [0.2, 0.25) is 0 Å². The van der Waals surface area contributed by atoms with Gasteiger partial charge in [-0.05, 0) is 98.6 Å². The van der Waals surface area contributed by atoms with E-state index >= 15 is 0 Å². The van der Waals surface area contributed by atoms with Gasteiger partial charge in [0.15, 0.2) is 0 Å². The Bertz CT molecular complexity index is 1250. The largest absolute Gasteiger partial charge is 0.527 e. The number of aryl methyl sites for hydroxylation is 2. The van der Waals surface area contributed by atoms with Crippen LogP contribution in [0.5, 0.6) is 11.5 Å². The fraction of sp³-hybridized carbons (Fsp3) is 0.727. The summed E-state index contributed by atoms with van der Waals surface area (Å²) in [5.41, 5.74) is 4.50. The van der Waals surface area contributed by atoms with Crippen molar-refractivity contribution in [2.24, 2.45) is 0 Å². The molecule has 0 saturated carbocycles. The molecule has 0 fully saturated rings. The maximum Gasteiger partial charge on any atom is 0.527 e. The van der Waals surface area contributed by atoms with Crippen LogP contribution >= 0.6 is 15.6 Å². The first-order valence-corrected chi connectivity index (χ1v) is 24.7. The van der Waals surface area contributed by atoms with E-state index in [-0.39, 0.29) is 13.2 Å². The van der Waals surface area contributed by atoms with Gasteiger partial charge in [-0.1, -0.05) is 155 Å². The maximum absolute atomic E-state index is 12.9. The molecular weight excluding hydrogens is 718 g/mol. The number of benzene rings is 2. The van der Waals surface area contributed by atoms with Crippen molar-refractivity contribution >= 4 is 15.6 Å². The van der Waals surface area contributed by atoms with Crippen LogP contribution in [0.3, 0.4) is 0 Å². The molecule has 2 unspecified atom stereocenters. The van der Waals surface area contributed by atoms with E-state index < -0.39 is 15.6 Å². The minimum atomic E-state index is -4.26. The molecular formula is C44H76O8P2. The Kier molecular flexibility index (Phi) is 26.5. The maximum atomic E-state index is 12.9. The Morgan fingerprint density at radius 3 is 1.09 bits per heavy atom. The Labute approximate surface area is 329 Å². The third-order valence-electron chi connectivity index (χ3n) is 10.1. The van der Waals surface area contributed by atoms with Crippen LogP contribution in [0.2, 0.25) is 0 Å². The monoisotopic (exact) mass is 795 g/mol. The molecule has 2 N–H and O–H groups in total. The summed E-state index contributed by atoms with van der Waals surface area (Å²) < 4.78 is 48.0. The van der Waals surface area contributed by atoms with Gasteiger partial charge in [-0.3, -0.25) is 18.8 Å². The summed E-state index contributed by atoms with van der Waals surface area (Å²) in [6, 6.07) is 11.7. The Hall–Kier alpha value is -1.66. The molecule has 10 heteroatoms. The van der Waals surface area contributed by atoms with E-state index in [1.807, 2.05) is 12.1 Å². The first-order chi connectivity index (χ1) is 26.2. The molecule has 0 bridgehead atoms. The first kappa shape index (κ1) is 48.5. The molecule has 0 heterocycles. The van der Waals surface area contributed by atoms with Crippen LogP contribution in [-0.2, 0) is 43.9 Å². The standard InChI is InChI=1S/C44H76O8P2/c1-5-9-13-21-29-39-31-27-35-43(41(39)33-23-15-11-7-3)51-53(45,46)49-37-25-19-17-18-20-26-38-50-54(47,48)52-44-36-28-32-40(30-22-14-10-6-2)42(44)34-24-16-12-8-4/h27-28,31-32,35-36H,5-26,29-30,33-34,37-38H2,1-4H3,(H,45,46)(H,47,48). The highest BCUT2D eigenvalue weighted by Gasteiger charge is 2.26. The number of hydrogen-bond acceptors (Lipinski definition) is 6. The van der Waals surface area contributed by atoms with Crippen LogP contribution in [0.15, 0.2) is 36.4 Å². The van der Waals surface area contributed by atoms with Gasteiger partial charge in [-0.25, -0.2) is 9.13 Å². The van der Waals surface area contributed by atoms with Gasteiger partial charge in [0.25, 0.3) is 0 Å². The Morgan fingerprint density at radius 2 is 0.741 bits per heavy atom. The van der Waals surface area contributed by atoms with Gasteiger partial charge >= 0.3 is 15.6 Å². The van der Waals surface area contributed by atoms with Crippen LogP contribution in [0.4, 0.5) is 0 Å². The van der Waals surface area contributed by atoms with Crippen molar-refractivity contribution in [1.82, 2.24) is 0 Å². The molecule has 0 aromatic heterocycles. The van der Waals surface area contributed by atoms with Crippen LogP contribution in [0.1, 0.15) is 191 Å². The van der Waals surface area contributed by atoms with E-state index in [0.29, 0.717) is 24.3 Å². The third kappa shape index (κ3) is 21.6. The predicted molar refractivity (Wildman–Crippen MR) is 225 cm³/mol. The number of unbranched alkanes of at least 4 members (excludes halogenated alkanes) is 17. The average Bonchev–Trinajstić information content (AvgIpc) is 3.14. The molecule has 0 saturated heterocycles. The molecule has 0 aliphatic carbocycles. The van der Waals surface area contributed by atoms with Crippen molar-refractivity contribution in [3.8, 4) is 11.5 Å². The van der Waals surface area contributed by atoms with Gasteiger partial charge < -0.3 is 9.05 Å². The van der Waals surface area contributed by atoms with Crippen LogP contribution in [0, 0.1) is 0 Å². The smallest absolute Gasteiger partial charge is 0.404 e. The van der Waals surface area contributed by atoms with E-state index in [1.165, 1.54) is 62.5 Å². The number of phosphoric ester groups is 2. The minimum absolute atomic E-state index is 0.144. The van der Waals surface area contributed by atoms with Crippen molar-refractivity contribution in [2.45, 2.75) is 195 Å². The van der Waals surface area contributed by atoms with Crippen molar-refractivity contribution in [3.63, 3.8) is 0 Å². The number of rotatable bonds is 35. The van der Waals surface area contributed by atoms with E-state index in [4.69, 9.17) is 18.1 Å². The molecule has 2 rings (SSSR count). The molecule has 0 radical (unpaired) electrons. The van der Waals surface area contributed by atoms with Crippen molar-refractivity contribution in [2.75, 3.05) is 13.2 Å². The topological polar surface area (TPSA) is 112 Å². The van der Waals surface area contributed by atoms with Gasteiger partial charge in [0.05, 0.1) is 13.2 Å². The normalized spacial score (nSPS) is 13.8. The fourth-order valence-corrected chi connectivity index (χ4v) is 8.61. The van der Waals surface area contributed by atoms with E-state index in [9.17, 15) is 18.9 Å². The fourth-order valence-electron chi connectivity index (χ4n) is 6.94. The second-order valence-electron chi connectivity index (χ2n) is 14.9. The quantitative estimate of drug-likeness (QED) is 0.0524. The number of phosphoric acid groups is 2. The average molecular weight is 795 g/mol. The zero-order chi connectivity index (χ0) is 39.3. The minimum Gasteiger partial charge on any atom is -0.404 e. The number of hydrogen-bond donors (Lipinski definition) is 2. The molecule has 0 amide bonds. The molecule has 0 aliphatic heterocycles. The molecule has 2 aromatic rings. The van der Waals surface area contributed by atoms with Gasteiger partial charge in [0.1, 0.15) is 11.5 Å². The molecule has 310 valence electrons. The van der Waals surface area contributed by atoms with E-state index in [0.717, 1.165) is 114 Å². The lowest BCUT2D eigenvalue weighted by atomic mass is 9.96. The van der Waals surface area contributed by atoms with Gasteiger partial charge in [-0.15, -0.1) is 0 Å². The summed E-state index contributed by atoms with van der Waals surface area (Å²) >= 11 is 0. The molecule has 54 heavy (non-hydrogen) atoms.